The number of rotatable bonds is 6. The number of aliphatic imine (C=N–C) groups is 1. The van der Waals surface area contributed by atoms with Gasteiger partial charge in [0.2, 0.25) is 0 Å². The highest BCUT2D eigenvalue weighted by Crippen LogP contribution is 2.32. The maximum atomic E-state index is 12.5. The van der Waals surface area contributed by atoms with E-state index in [1.165, 1.54) is 6.20 Å². The van der Waals surface area contributed by atoms with Gasteiger partial charge in [-0.25, -0.2) is 4.79 Å². The monoisotopic (exact) mass is 378 g/mol. The van der Waals surface area contributed by atoms with E-state index in [9.17, 15) is 9.59 Å². The molecule has 0 amide bonds. The Balaban J connectivity index is 1.91. The van der Waals surface area contributed by atoms with Crippen molar-refractivity contribution in [1.29, 1.82) is 0 Å². The summed E-state index contributed by atoms with van der Waals surface area (Å²) in [4.78, 5) is 34.2. The molecule has 3 rings (SSSR count). The fraction of sp³-hybridized carbons (Fsp3) is 0.318. The molecule has 6 nitrogen and oxygen atoms in total. The first-order valence-corrected chi connectivity index (χ1v) is 9.63. The Kier molecular flexibility index (Phi) is 6.42. The van der Waals surface area contributed by atoms with Gasteiger partial charge in [-0.2, -0.15) is 0 Å². The minimum atomic E-state index is -0.453. The van der Waals surface area contributed by atoms with Crippen LogP contribution in [0.1, 0.15) is 48.9 Å². The standard InChI is InChI=1S/C22H26N4O2/c1-2-24-19(12-13-23)16-8-10-17(11-9-16)20-18(21(27)26-22(28)25-20)14-15-6-4-3-5-7-15/h3-8,12-13,17H,2,9-11,14,23H2,1H3,(H2,25,26,27,28). The summed E-state index contributed by atoms with van der Waals surface area (Å²) in [5, 5.41) is 0. The van der Waals surface area contributed by atoms with Crippen LogP contribution in [0.5, 0.6) is 0 Å². The Labute approximate surface area is 163 Å². The Morgan fingerprint density at radius 2 is 2.04 bits per heavy atom. The van der Waals surface area contributed by atoms with Gasteiger partial charge in [0.05, 0.1) is 5.71 Å². The second-order valence-corrected chi connectivity index (χ2v) is 6.88. The summed E-state index contributed by atoms with van der Waals surface area (Å²) in [6.07, 6.45) is 8.39. The molecule has 1 aromatic carbocycles. The Bertz CT molecular complexity index is 1010. The summed E-state index contributed by atoms with van der Waals surface area (Å²) in [5.41, 5.74) is 9.28. The van der Waals surface area contributed by atoms with Gasteiger partial charge in [0, 0.05) is 30.1 Å². The molecular weight excluding hydrogens is 352 g/mol. The molecule has 2 aromatic rings. The van der Waals surface area contributed by atoms with Crippen LogP contribution >= 0.6 is 0 Å². The molecule has 1 heterocycles. The second kappa shape index (κ2) is 9.17. The van der Waals surface area contributed by atoms with Gasteiger partial charge in [0.25, 0.3) is 5.56 Å². The number of nitrogens with one attached hydrogen (secondary N) is 2. The first-order valence-electron chi connectivity index (χ1n) is 9.63. The molecule has 0 spiro atoms. The van der Waals surface area contributed by atoms with Crippen molar-refractivity contribution in [2.45, 2.75) is 38.5 Å². The van der Waals surface area contributed by atoms with Crippen molar-refractivity contribution in [2.75, 3.05) is 6.54 Å². The topological polar surface area (TPSA) is 104 Å². The lowest BCUT2D eigenvalue weighted by Gasteiger charge is -2.24. The van der Waals surface area contributed by atoms with Crippen LogP contribution in [0, 0.1) is 0 Å². The predicted molar refractivity (Wildman–Crippen MR) is 113 cm³/mol. The second-order valence-electron chi connectivity index (χ2n) is 6.88. The molecule has 0 radical (unpaired) electrons. The van der Waals surface area contributed by atoms with E-state index in [2.05, 4.69) is 21.0 Å². The van der Waals surface area contributed by atoms with Gasteiger partial charge in [-0.05, 0) is 49.6 Å². The molecule has 6 heteroatoms. The van der Waals surface area contributed by atoms with E-state index in [1.54, 1.807) is 0 Å². The fourth-order valence-corrected chi connectivity index (χ4v) is 3.71. The van der Waals surface area contributed by atoms with Crippen LogP contribution < -0.4 is 17.0 Å². The lowest BCUT2D eigenvalue weighted by atomic mass is 9.83. The first-order chi connectivity index (χ1) is 13.6. The molecule has 1 unspecified atom stereocenters. The third-order valence-corrected chi connectivity index (χ3v) is 5.03. The van der Waals surface area contributed by atoms with Crippen molar-refractivity contribution in [3.63, 3.8) is 0 Å². The van der Waals surface area contributed by atoms with E-state index in [0.29, 0.717) is 18.5 Å². The molecule has 146 valence electrons. The van der Waals surface area contributed by atoms with Crippen LogP contribution in [0.2, 0.25) is 0 Å². The molecule has 0 bridgehead atoms. The molecular formula is C22H26N4O2. The van der Waals surface area contributed by atoms with Crippen molar-refractivity contribution >= 4 is 5.71 Å². The minimum Gasteiger partial charge on any atom is -0.405 e. The van der Waals surface area contributed by atoms with Gasteiger partial charge in [-0.1, -0.05) is 36.4 Å². The van der Waals surface area contributed by atoms with Gasteiger partial charge < -0.3 is 10.7 Å². The molecule has 28 heavy (non-hydrogen) atoms. The normalized spacial score (nSPS) is 17.7. The molecule has 1 aliphatic carbocycles. The van der Waals surface area contributed by atoms with Gasteiger partial charge in [0.15, 0.2) is 0 Å². The zero-order chi connectivity index (χ0) is 19.9. The van der Waals surface area contributed by atoms with Gasteiger partial charge in [-0.15, -0.1) is 0 Å². The number of aromatic nitrogens is 2. The summed E-state index contributed by atoms with van der Waals surface area (Å²) in [6.45, 7) is 2.69. The molecule has 4 N–H and O–H groups in total. The summed E-state index contributed by atoms with van der Waals surface area (Å²) in [5.74, 6) is 0.0993. The Morgan fingerprint density at radius 1 is 1.25 bits per heavy atom. The largest absolute Gasteiger partial charge is 0.405 e. The highest BCUT2D eigenvalue weighted by molar-refractivity contribution is 6.08. The number of benzene rings is 1. The predicted octanol–water partition coefficient (Wildman–Crippen LogP) is 2.78. The maximum absolute atomic E-state index is 12.5. The molecule has 0 saturated carbocycles. The smallest absolute Gasteiger partial charge is 0.325 e. The van der Waals surface area contributed by atoms with Crippen LogP contribution in [-0.4, -0.2) is 22.2 Å². The zero-order valence-corrected chi connectivity index (χ0v) is 16.1. The lowest BCUT2D eigenvalue weighted by Crippen LogP contribution is -2.30. The highest BCUT2D eigenvalue weighted by Gasteiger charge is 2.23. The van der Waals surface area contributed by atoms with Crippen LogP contribution in [0.25, 0.3) is 0 Å². The molecule has 0 fully saturated rings. The van der Waals surface area contributed by atoms with Crippen molar-refractivity contribution in [3.8, 4) is 0 Å². The van der Waals surface area contributed by atoms with Crippen LogP contribution in [0.15, 0.2) is 68.8 Å². The number of aromatic amines is 2. The van der Waals surface area contributed by atoms with E-state index in [-0.39, 0.29) is 11.5 Å². The molecule has 0 aliphatic heterocycles. The van der Waals surface area contributed by atoms with Crippen molar-refractivity contribution < 1.29 is 0 Å². The summed E-state index contributed by atoms with van der Waals surface area (Å²) < 4.78 is 0. The third-order valence-electron chi connectivity index (χ3n) is 5.03. The van der Waals surface area contributed by atoms with E-state index in [0.717, 1.165) is 41.8 Å². The number of nitrogens with zero attached hydrogens (tertiary/aromatic N) is 1. The van der Waals surface area contributed by atoms with Crippen LogP contribution in [0.3, 0.4) is 0 Å². The Morgan fingerprint density at radius 3 is 2.68 bits per heavy atom. The number of hydrogen-bond donors (Lipinski definition) is 3. The number of nitrogens with two attached hydrogens (primary N) is 1. The molecule has 1 aliphatic rings. The van der Waals surface area contributed by atoms with Crippen LogP contribution in [-0.2, 0) is 6.42 Å². The zero-order valence-electron chi connectivity index (χ0n) is 16.1. The maximum Gasteiger partial charge on any atom is 0.325 e. The highest BCUT2D eigenvalue weighted by atomic mass is 16.2. The molecule has 1 aromatic heterocycles. The van der Waals surface area contributed by atoms with E-state index < -0.39 is 5.69 Å². The van der Waals surface area contributed by atoms with Crippen molar-refractivity contribution in [3.05, 3.63) is 91.9 Å². The quantitative estimate of drug-likeness (QED) is 0.673. The number of hydrogen-bond acceptors (Lipinski definition) is 4. The summed E-state index contributed by atoms with van der Waals surface area (Å²) >= 11 is 0. The fourth-order valence-electron chi connectivity index (χ4n) is 3.71. The number of allylic oxidation sites excluding steroid dienone is 3. The van der Waals surface area contributed by atoms with Gasteiger partial charge in [-0.3, -0.25) is 14.8 Å². The van der Waals surface area contributed by atoms with E-state index in [4.69, 9.17) is 5.73 Å². The van der Waals surface area contributed by atoms with Gasteiger partial charge >= 0.3 is 5.69 Å². The summed E-state index contributed by atoms with van der Waals surface area (Å²) in [6, 6.07) is 9.81. The number of H-pyrrole nitrogens is 2. The lowest BCUT2D eigenvalue weighted by molar-refractivity contribution is 0.582. The third kappa shape index (κ3) is 4.57. The average molecular weight is 378 g/mol. The average Bonchev–Trinajstić information content (AvgIpc) is 2.71. The SMILES string of the molecule is CCN=C(C=CN)C1=CCC(c2[nH]c(=O)[nH]c(=O)c2Cc2ccccc2)CC1. The minimum absolute atomic E-state index is 0.0993. The summed E-state index contributed by atoms with van der Waals surface area (Å²) in [7, 11) is 0. The molecule has 0 saturated heterocycles. The van der Waals surface area contributed by atoms with E-state index in [1.807, 2.05) is 43.3 Å². The first kappa shape index (κ1) is 19.6. The van der Waals surface area contributed by atoms with E-state index >= 15 is 0 Å². The van der Waals surface area contributed by atoms with Crippen molar-refractivity contribution in [1.82, 2.24) is 9.97 Å². The molecule has 1 atom stereocenters. The Hall–Kier alpha value is -3.15. The van der Waals surface area contributed by atoms with Crippen LogP contribution in [0.4, 0.5) is 0 Å². The van der Waals surface area contributed by atoms with Crippen molar-refractivity contribution in [2.24, 2.45) is 10.7 Å². The van der Waals surface area contributed by atoms with Gasteiger partial charge in [0.1, 0.15) is 0 Å².